The second-order valence-electron chi connectivity index (χ2n) is 17.5. The molecule has 0 bridgehead atoms. The Balaban J connectivity index is 4.87. The fraction of sp³-hybridized carbons (Fsp3) is 0.940. The summed E-state index contributed by atoms with van der Waals surface area (Å²) >= 11 is 0. The number of unbranched alkanes of at least 4 members (excludes halogenated alkanes) is 31. The number of hydrogen-bond acceptors (Lipinski definition) is 7. The van der Waals surface area contributed by atoms with Crippen molar-refractivity contribution >= 4 is 17.8 Å². The van der Waals surface area contributed by atoms with Crippen molar-refractivity contribution in [2.45, 2.75) is 277 Å². The quantitative estimate of drug-likeness (QED) is 0.0462. The molecule has 8 nitrogen and oxygen atoms in total. The molecule has 0 aliphatic rings. The van der Waals surface area contributed by atoms with Gasteiger partial charge in [0.15, 0.2) is 0 Å². The lowest BCUT2D eigenvalue weighted by atomic mass is 10.0. The number of rotatable bonds is 46. The zero-order chi connectivity index (χ0) is 42.6. The first kappa shape index (κ1) is 56.3. The van der Waals surface area contributed by atoms with Crippen LogP contribution in [0.2, 0.25) is 0 Å². The number of esters is 2. The van der Waals surface area contributed by atoms with Gasteiger partial charge in [-0.25, -0.2) is 4.79 Å². The van der Waals surface area contributed by atoms with Gasteiger partial charge in [-0.2, -0.15) is 0 Å². The van der Waals surface area contributed by atoms with Gasteiger partial charge in [0.05, 0.1) is 19.3 Å². The lowest BCUT2D eigenvalue weighted by Crippen LogP contribution is -2.52. The van der Waals surface area contributed by atoms with E-state index in [2.05, 4.69) is 20.8 Å². The van der Waals surface area contributed by atoms with Crippen LogP contribution >= 0.6 is 0 Å². The molecule has 0 aromatic heterocycles. The van der Waals surface area contributed by atoms with Gasteiger partial charge in [-0.3, -0.25) is 9.59 Å². The minimum atomic E-state index is -0.848. The van der Waals surface area contributed by atoms with Crippen molar-refractivity contribution in [3.63, 3.8) is 0 Å². The van der Waals surface area contributed by atoms with Crippen LogP contribution in [0.1, 0.15) is 265 Å². The number of ether oxygens (including phenoxy) is 2. The average molecular weight is 822 g/mol. The van der Waals surface area contributed by atoms with E-state index in [0.717, 1.165) is 77.0 Å². The van der Waals surface area contributed by atoms with E-state index in [-0.39, 0.29) is 24.7 Å². The first-order chi connectivity index (χ1) is 28.4. The van der Waals surface area contributed by atoms with Gasteiger partial charge in [-0.15, -0.1) is 0 Å². The molecule has 0 saturated heterocycles. The van der Waals surface area contributed by atoms with Crippen LogP contribution in [0.4, 0.5) is 0 Å². The van der Waals surface area contributed by atoms with Crippen LogP contribution in [0.25, 0.3) is 0 Å². The molecule has 0 radical (unpaired) electrons. The SMILES string of the molecule is CCCCCCCCCCCCCCCCOC(=O)CC[C@@H](C(=O)OCCCCCCCCCCCCCCCC)N(CCCCCCC)C(=O)[C@@H](N)CCCCN. The molecule has 2 atom stereocenters. The van der Waals surface area contributed by atoms with Crippen LogP contribution in [0.15, 0.2) is 0 Å². The van der Waals surface area contributed by atoms with E-state index < -0.39 is 18.1 Å². The topological polar surface area (TPSA) is 125 Å². The highest BCUT2D eigenvalue weighted by molar-refractivity contribution is 5.88. The molecule has 0 fully saturated rings. The Labute approximate surface area is 360 Å². The van der Waals surface area contributed by atoms with E-state index in [1.165, 1.54) is 148 Å². The number of amides is 1. The summed E-state index contributed by atoms with van der Waals surface area (Å²) in [5, 5.41) is 0. The molecular formula is C50H99N3O5. The van der Waals surface area contributed by atoms with Crippen molar-refractivity contribution in [1.82, 2.24) is 4.90 Å². The van der Waals surface area contributed by atoms with E-state index in [4.69, 9.17) is 20.9 Å². The molecule has 0 spiro atoms. The maximum atomic E-state index is 13.8. The highest BCUT2D eigenvalue weighted by Crippen LogP contribution is 2.18. The Hall–Kier alpha value is -1.67. The van der Waals surface area contributed by atoms with Gasteiger partial charge in [0.25, 0.3) is 0 Å². The smallest absolute Gasteiger partial charge is 0.328 e. The molecule has 0 heterocycles. The van der Waals surface area contributed by atoms with Gasteiger partial charge in [0, 0.05) is 13.0 Å². The van der Waals surface area contributed by atoms with Crippen molar-refractivity contribution in [2.24, 2.45) is 11.5 Å². The molecular weight excluding hydrogens is 723 g/mol. The second-order valence-corrected chi connectivity index (χ2v) is 17.5. The molecule has 0 aliphatic carbocycles. The molecule has 1 amide bonds. The van der Waals surface area contributed by atoms with Crippen LogP contribution < -0.4 is 11.5 Å². The lowest BCUT2D eigenvalue weighted by molar-refractivity contribution is -0.157. The van der Waals surface area contributed by atoms with E-state index in [1.54, 1.807) is 4.90 Å². The summed E-state index contributed by atoms with van der Waals surface area (Å²) in [6.45, 7) is 8.43. The zero-order valence-corrected chi connectivity index (χ0v) is 39.0. The highest BCUT2D eigenvalue weighted by Gasteiger charge is 2.33. The fourth-order valence-corrected chi connectivity index (χ4v) is 7.93. The number of carbonyl (C=O) groups is 3. The minimum absolute atomic E-state index is 0.0687. The van der Waals surface area contributed by atoms with Gasteiger partial charge >= 0.3 is 11.9 Å². The summed E-state index contributed by atoms with van der Waals surface area (Å²) in [4.78, 5) is 42.1. The predicted octanol–water partition coefficient (Wildman–Crippen LogP) is 13.4. The lowest BCUT2D eigenvalue weighted by Gasteiger charge is -2.32. The second kappa shape index (κ2) is 44.9. The summed E-state index contributed by atoms with van der Waals surface area (Å²) in [7, 11) is 0. The Bertz CT molecular complexity index is 902. The molecule has 0 aromatic rings. The summed E-state index contributed by atoms with van der Waals surface area (Å²) < 4.78 is 11.5. The largest absolute Gasteiger partial charge is 0.466 e. The Morgan fingerprint density at radius 2 is 0.810 bits per heavy atom. The summed E-state index contributed by atoms with van der Waals surface area (Å²) in [6, 6.07) is -1.56. The Morgan fingerprint density at radius 1 is 0.448 bits per heavy atom. The van der Waals surface area contributed by atoms with Crippen LogP contribution in [-0.4, -0.2) is 61.1 Å². The molecule has 4 N–H and O–H groups in total. The van der Waals surface area contributed by atoms with Crippen molar-refractivity contribution < 1.29 is 23.9 Å². The first-order valence-corrected chi connectivity index (χ1v) is 25.5. The van der Waals surface area contributed by atoms with E-state index in [9.17, 15) is 14.4 Å². The summed E-state index contributed by atoms with van der Waals surface area (Å²) in [5.74, 6) is -0.977. The van der Waals surface area contributed by atoms with E-state index in [1.807, 2.05) is 0 Å². The van der Waals surface area contributed by atoms with Crippen molar-refractivity contribution in [1.29, 1.82) is 0 Å². The zero-order valence-electron chi connectivity index (χ0n) is 39.0. The minimum Gasteiger partial charge on any atom is -0.466 e. The Kier molecular flexibility index (Phi) is 43.6. The maximum absolute atomic E-state index is 13.8. The van der Waals surface area contributed by atoms with Crippen LogP contribution in [0, 0.1) is 0 Å². The van der Waals surface area contributed by atoms with Gasteiger partial charge in [0.2, 0.25) is 5.91 Å². The van der Waals surface area contributed by atoms with Gasteiger partial charge in [0.1, 0.15) is 6.04 Å². The molecule has 0 aromatic carbocycles. The molecule has 344 valence electrons. The van der Waals surface area contributed by atoms with Crippen LogP contribution in [0.3, 0.4) is 0 Å². The highest BCUT2D eigenvalue weighted by atomic mass is 16.5. The predicted molar refractivity (Wildman–Crippen MR) is 247 cm³/mol. The van der Waals surface area contributed by atoms with E-state index >= 15 is 0 Å². The molecule has 0 rings (SSSR count). The average Bonchev–Trinajstić information content (AvgIpc) is 3.22. The van der Waals surface area contributed by atoms with Gasteiger partial charge in [-0.1, -0.05) is 220 Å². The fourth-order valence-electron chi connectivity index (χ4n) is 7.93. The van der Waals surface area contributed by atoms with E-state index in [0.29, 0.717) is 32.7 Å². The van der Waals surface area contributed by atoms with Crippen molar-refractivity contribution in [3.05, 3.63) is 0 Å². The third kappa shape index (κ3) is 36.2. The van der Waals surface area contributed by atoms with Crippen molar-refractivity contribution in [2.75, 3.05) is 26.3 Å². The standard InChI is InChI=1S/C50H99N3O5/c1-4-7-10-13-15-17-19-21-23-25-27-29-32-37-44-57-48(54)41-40-47(53(43-36-31-12-9-6-3)49(55)46(52)39-34-35-42-51)50(56)58-45-38-33-30-28-26-24-22-20-18-16-14-11-8-5-2/h46-47H,4-45,51-52H2,1-3H3/t46-,47-/m0/s1. The number of nitrogens with two attached hydrogens (primary N) is 2. The van der Waals surface area contributed by atoms with Gasteiger partial charge in [-0.05, 0) is 45.1 Å². The van der Waals surface area contributed by atoms with Gasteiger partial charge < -0.3 is 25.8 Å². The third-order valence-electron chi connectivity index (χ3n) is 11.8. The molecule has 8 heteroatoms. The van der Waals surface area contributed by atoms with Crippen LogP contribution in [0.5, 0.6) is 0 Å². The molecule has 0 unspecified atom stereocenters. The number of nitrogens with zero attached hydrogens (tertiary/aromatic N) is 1. The molecule has 58 heavy (non-hydrogen) atoms. The normalized spacial score (nSPS) is 12.4. The van der Waals surface area contributed by atoms with Crippen LogP contribution in [-0.2, 0) is 23.9 Å². The van der Waals surface area contributed by atoms with Crippen molar-refractivity contribution in [3.8, 4) is 0 Å². The third-order valence-corrected chi connectivity index (χ3v) is 11.8. The number of carbonyl (C=O) groups excluding carboxylic acids is 3. The Morgan fingerprint density at radius 3 is 1.21 bits per heavy atom. The number of hydrogen-bond donors (Lipinski definition) is 2. The first-order valence-electron chi connectivity index (χ1n) is 25.5. The summed E-state index contributed by atoms with van der Waals surface area (Å²) in [6.07, 6.45) is 43.0. The monoisotopic (exact) mass is 822 g/mol. The molecule has 0 saturated carbocycles. The molecule has 0 aliphatic heterocycles. The summed E-state index contributed by atoms with van der Waals surface area (Å²) in [5.41, 5.74) is 12.1. The maximum Gasteiger partial charge on any atom is 0.328 e.